The lowest BCUT2D eigenvalue weighted by Gasteiger charge is -2.03. The molecule has 0 unspecified atom stereocenters. The largest absolute Gasteiger partial charge is 0.334 e. The van der Waals surface area contributed by atoms with Crippen LogP contribution < -0.4 is 5.32 Å². The van der Waals surface area contributed by atoms with Crippen LogP contribution in [0.1, 0.15) is 23.9 Å². The Bertz CT molecular complexity index is 505. The van der Waals surface area contributed by atoms with Crippen molar-refractivity contribution in [1.29, 1.82) is 0 Å². The molecule has 0 saturated carbocycles. The van der Waals surface area contributed by atoms with Crippen molar-refractivity contribution in [2.45, 2.75) is 27.3 Å². The normalized spacial score (nSPS) is 10.8. The maximum absolute atomic E-state index is 5.28. The molecule has 0 radical (unpaired) electrons. The van der Waals surface area contributed by atoms with Gasteiger partial charge in [0.05, 0.1) is 6.54 Å². The summed E-state index contributed by atoms with van der Waals surface area (Å²) in [5.41, 5.74) is 3.43. The van der Waals surface area contributed by atoms with E-state index < -0.39 is 0 Å². The molecule has 0 saturated heterocycles. The first-order valence-electron chi connectivity index (χ1n) is 5.82. The van der Waals surface area contributed by atoms with E-state index in [1.165, 1.54) is 11.1 Å². The lowest BCUT2D eigenvalue weighted by Crippen LogP contribution is -2.12. The van der Waals surface area contributed by atoms with Crippen molar-refractivity contribution in [3.8, 4) is 11.5 Å². The first-order chi connectivity index (χ1) is 8.22. The van der Waals surface area contributed by atoms with Gasteiger partial charge >= 0.3 is 0 Å². The Balaban J connectivity index is 2.27. The zero-order valence-electron chi connectivity index (χ0n) is 10.4. The Hall–Kier alpha value is -1.68. The van der Waals surface area contributed by atoms with Gasteiger partial charge in [-0.05, 0) is 37.6 Å². The molecule has 1 heterocycles. The fourth-order valence-corrected chi connectivity index (χ4v) is 1.65. The second kappa shape index (κ2) is 5.10. The van der Waals surface area contributed by atoms with Crippen molar-refractivity contribution in [3.05, 3.63) is 35.2 Å². The summed E-state index contributed by atoms with van der Waals surface area (Å²) in [6, 6.07) is 6.09. The van der Waals surface area contributed by atoms with Crippen LogP contribution in [0.2, 0.25) is 0 Å². The average molecular weight is 231 g/mol. The number of nitrogens with one attached hydrogen (secondary N) is 1. The van der Waals surface area contributed by atoms with Crippen molar-refractivity contribution in [1.82, 2.24) is 15.5 Å². The molecule has 0 aliphatic rings. The molecule has 0 spiro atoms. The summed E-state index contributed by atoms with van der Waals surface area (Å²) in [5.74, 6) is 1.29. The summed E-state index contributed by atoms with van der Waals surface area (Å²) < 4.78 is 5.28. The van der Waals surface area contributed by atoms with Gasteiger partial charge in [0.15, 0.2) is 5.82 Å². The van der Waals surface area contributed by atoms with Crippen LogP contribution in [0.15, 0.2) is 22.7 Å². The molecule has 1 N–H and O–H groups in total. The van der Waals surface area contributed by atoms with Crippen molar-refractivity contribution < 1.29 is 4.52 Å². The molecule has 2 aromatic rings. The molecule has 0 aliphatic carbocycles. The minimum absolute atomic E-state index is 0.596. The third kappa shape index (κ3) is 2.53. The average Bonchev–Trinajstić information content (AvgIpc) is 2.78. The number of hydrogen-bond donors (Lipinski definition) is 1. The van der Waals surface area contributed by atoms with E-state index in [4.69, 9.17) is 4.52 Å². The van der Waals surface area contributed by atoms with Crippen molar-refractivity contribution >= 4 is 0 Å². The molecule has 4 heteroatoms. The predicted molar refractivity (Wildman–Crippen MR) is 66.6 cm³/mol. The molecule has 1 aromatic heterocycles. The van der Waals surface area contributed by atoms with Crippen LogP contribution >= 0.6 is 0 Å². The topological polar surface area (TPSA) is 51.0 Å². The molecule has 0 bridgehead atoms. The maximum Gasteiger partial charge on any atom is 0.258 e. The molecule has 4 nitrogen and oxygen atoms in total. The lowest BCUT2D eigenvalue weighted by atomic mass is 10.0. The lowest BCUT2D eigenvalue weighted by molar-refractivity contribution is 0.419. The second-order valence-corrected chi connectivity index (χ2v) is 4.04. The molecular weight excluding hydrogens is 214 g/mol. The van der Waals surface area contributed by atoms with Gasteiger partial charge in [-0.15, -0.1) is 0 Å². The van der Waals surface area contributed by atoms with Gasteiger partial charge in [-0.1, -0.05) is 24.2 Å². The Morgan fingerprint density at radius 3 is 2.88 bits per heavy atom. The van der Waals surface area contributed by atoms with E-state index >= 15 is 0 Å². The molecular formula is C13H17N3O. The molecule has 0 amide bonds. The summed E-state index contributed by atoms with van der Waals surface area (Å²) in [6.45, 7) is 7.73. The molecule has 1 aromatic carbocycles. The zero-order chi connectivity index (χ0) is 12.3. The van der Waals surface area contributed by atoms with Gasteiger partial charge in [0, 0.05) is 5.56 Å². The Morgan fingerprint density at radius 2 is 2.12 bits per heavy atom. The van der Waals surface area contributed by atoms with E-state index in [0.717, 1.165) is 12.1 Å². The maximum atomic E-state index is 5.28. The fraction of sp³-hybridized carbons (Fsp3) is 0.385. The van der Waals surface area contributed by atoms with Crippen molar-refractivity contribution in [2.24, 2.45) is 0 Å². The van der Waals surface area contributed by atoms with Crippen LogP contribution in [0.5, 0.6) is 0 Å². The molecule has 90 valence electrons. The quantitative estimate of drug-likeness (QED) is 0.878. The number of benzene rings is 1. The number of aromatic nitrogens is 2. The standard InChI is InChI=1S/C13H17N3O/c1-4-14-8-12-15-13(17-16-12)11-7-5-6-9(2)10(11)3/h5-7,14H,4,8H2,1-3H3. The fourth-order valence-electron chi connectivity index (χ4n) is 1.65. The molecule has 0 atom stereocenters. The molecule has 2 rings (SSSR count). The van der Waals surface area contributed by atoms with E-state index in [-0.39, 0.29) is 0 Å². The first-order valence-corrected chi connectivity index (χ1v) is 5.82. The number of aryl methyl sites for hydroxylation is 1. The van der Waals surface area contributed by atoms with Gasteiger partial charge in [-0.2, -0.15) is 4.98 Å². The van der Waals surface area contributed by atoms with Crippen molar-refractivity contribution in [2.75, 3.05) is 6.54 Å². The zero-order valence-corrected chi connectivity index (χ0v) is 10.4. The first kappa shape index (κ1) is 11.8. The Labute approximate surface area is 101 Å². The highest BCUT2D eigenvalue weighted by molar-refractivity contribution is 5.59. The monoisotopic (exact) mass is 231 g/mol. The highest BCUT2D eigenvalue weighted by atomic mass is 16.5. The van der Waals surface area contributed by atoms with E-state index in [0.29, 0.717) is 18.3 Å². The molecule has 0 aliphatic heterocycles. The summed E-state index contributed by atoms with van der Waals surface area (Å²) in [4.78, 5) is 4.38. The van der Waals surface area contributed by atoms with Crippen LogP contribution in [0.4, 0.5) is 0 Å². The van der Waals surface area contributed by atoms with Gasteiger partial charge < -0.3 is 9.84 Å². The van der Waals surface area contributed by atoms with Gasteiger partial charge in [-0.3, -0.25) is 0 Å². The van der Waals surface area contributed by atoms with Gasteiger partial charge in [0.1, 0.15) is 0 Å². The highest BCUT2D eigenvalue weighted by Crippen LogP contribution is 2.23. The Kier molecular flexibility index (Phi) is 3.54. The van der Waals surface area contributed by atoms with Crippen molar-refractivity contribution in [3.63, 3.8) is 0 Å². The second-order valence-electron chi connectivity index (χ2n) is 4.04. The SMILES string of the molecule is CCNCc1noc(-c2cccc(C)c2C)n1. The summed E-state index contributed by atoms with van der Waals surface area (Å²) >= 11 is 0. The minimum Gasteiger partial charge on any atom is -0.334 e. The number of rotatable bonds is 4. The van der Waals surface area contributed by atoms with Crippen LogP contribution in [-0.2, 0) is 6.54 Å². The highest BCUT2D eigenvalue weighted by Gasteiger charge is 2.11. The van der Waals surface area contributed by atoms with E-state index in [2.05, 4.69) is 35.4 Å². The van der Waals surface area contributed by atoms with Crippen LogP contribution in [0.25, 0.3) is 11.5 Å². The number of hydrogen-bond acceptors (Lipinski definition) is 4. The Morgan fingerprint density at radius 1 is 1.29 bits per heavy atom. The van der Waals surface area contributed by atoms with E-state index in [1.807, 2.05) is 19.1 Å². The van der Waals surface area contributed by atoms with E-state index in [1.54, 1.807) is 0 Å². The summed E-state index contributed by atoms with van der Waals surface area (Å²) in [6.07, 6.45) is 0. The van der Waals surface area contributed by atoms with Gasteiger partial charge in [-0.25, -0.2) is 0 Å². The van der Waals surface area contributed by atoms with Gasteiger partial charge in [0.25, 0.3) is 5.89 Å². The van der Waals surface area contributed by atoms with Crippen LogP contribution in [0, 0.1) is 13.8 Å². The predicted octanol–water partition coefficient (Wildman–Crippen LogP) is 2.46. The third-order valence-corrected chi connectivity index (χ3v) is 2.84. The molecule has 17 heavy (non-hydrogen) atoms. The third-order valence-electron chi connectivity index (χ3n) is 2.84. The van der Waals surface area contributed by atoms with Crippen LogP contribution in [0.3, 0.4) is 0 Å². The molecule has 0 fully saturated rings. The van der Waals surface area contributed by atoms with Crippen LogP contribution in [-0.4, -0.2) is 16.7 Å². The van der Waals surface area contributed by atoms with Gasteiger partial charge in [0.2, 0.25) is 0 Å². The van der Waals surface area contributed by atoms with E-state index in [9.17, 15) is 0 Å². The summed E-state index contributed by atoms with van der Waals surface area (Å²) in [7, 11) is 0. The number of nitrogens with zero attached hydrogens (tertiary/aromatic N) is 2. The minimum atomic E-state index is 0.596. The smallest absolute Gasteiger partial charge is 0.258 e. The summed E-state index contributed by atoms with van der Waals surface area (Å²) in [5, 5.41) is 7.12.